The number of pyridine rings is 1. The topological polar surface area (TPSA) is 56.8 Å². The van der Waals surface area contributed by atoms with Gasteiger partial charge in [-0.1, -0.05) is 18.2 Å². The fourth-order valence-electron chi connectivity index (χ4n) is 3.94. The molecular weight excluding hydrogens is 328 g/mol. The van der Waals surface area contributed by atoms with Gasteiger partial charge in [-0.15, -0.1) is 0 Å². The Bertz CT molecular complexity index is 811. The maximum absolute atomic E-state index is 12.8. The normalized spacial score (nSPS) is 23.7. The Kier molecular flexibility index (Phi) is 4.20. The van der Waals surface area contributed by atoms with Crippen LogP contribution in [0, 0.1) is 0 Å². The molecule has 1 atom stereocenters. The third-order valence-corrected chi connectivity index (χ3v) is 5.53. The molecule has 0 bridgehead atoms. The Labute approximate surface area is 153 Å². The summed E-state index contributed by atoms with van der Waals surface area (Å²) in [5.74, 6) is 0.105. The second kappa shape index (κ2) is 6.53. The first kappa shape index (κ1) is 16.7. The number of carbonyl (C=O) groups excluding carboxylic acids is 2. The fourth-order valence-corrected chi connectivity index (χ4v) is 3.94. The first-order valence-electron chi connectivity index (χ1n) is 8.85. The SMILES string of the molecule is CN1CC(=O)N(c2ccccc2)C[C@]12CCN(C(=O)c1cccnc1)C2. The number of amides is 2. The molecule has 0 unspecified atom stereocenters. The average Bonchev–Trinajstić information content (AvgIpc) is 3.11. The van der Waals surface area contributed by atoms with Crippen molar-refractivity contribution in [2.75, 3.05) is 38.1 Å². The number of piperazine rings is 1. The molecule has 2 fully saturated rings. The summed E-state index contributed by atoms with van der Waals surface area (Å²) in [7, 11) is 1.98. The number of aromatic nitrogens is 1. The van der Waals surface area contributed by atoms with E-state index in [1.807, 2.05) is 47.2 Å². The highest BCUT2D eigenvalue weighted by Crippen LogP contribution is 2.33. The summed E-state index contributed by atoms with van der Waals surface area (Å²) in [6.07, 6.45) is 4.13. The Hall–Kier alpha value is -2.73. The van der Waals surface area contributed by atoms with Crippen molar-refractivity contribution in [2.24, 2.45) is 0 Å². The van der Waals surface area contributed by atoms with Crippen molar-refractivity contribution in [1.29, 1.82) is 0 Å². The number of likely N-dealkylation sites (N-methyl/N-ethyl adjacent to an activating group) is 1. The molecule has 4 rings (SSSR count). The highest BCUT2D eigenvalue weighted by Gasteiger charge is 2.48. The van der Waals surface area contributed by atoms with Crippen LogP contribution in [0.5, 0.6) is 0 Å². The molecule has 6 heteroatoms. The Balaban J connectivity index is 1.56. The molecule has 0 saturated carbocycles. The fraction of sp³-hybridized carbons (Fsp3) is 0.350. The molecule has 1 aromatic heterocycles. The lowest BCUT2D eigenvalue weighted by molar-refractivity contribution is -0.123. The van der Waals surface area contributed by atoms with E-state index in [2.05, 4.69) is 9.88 Å². The molecule has 134 valence electrons. The number of carbonyl (C=O) groups is 2. The van der Waals surface area contributed by atoms with E-state index in [-0.39, 0.29) is 17.4 Å². The number of anilines is 1. The molecule has 2 aliphatic heterocycles. The van der Waals surface area contributed by atoms with Gasteiger partial charge in [-0.05, 0) is 37.7 Å². The van der Waals surface area contributed by atoms with Gasteiger partial charge in [0.05, 0.1) is 17.6 Å². The number of likely N-dealkylation sites (tertiary alicyclic amines) is 1. The molecule has 2 amide bonds. The van der Waals surface area contributed by atoms with Crippen molar-refractivity contribution < 1.29 is 9.59 Å². The average molecular weight is 350 g/mol. The molecular formula is C20H22N4O2. The molecule has 1 aromatic carbocycles. The predicted octanol–water partition coefficient (Wildman–Crippen LogP) is 1.64. The first-order valence-corrected chi connectivity index (χ1v) is 8.85. The van der Waals surface area contributed by atoms with Crippen LogP contribution >= 0.6 is 0 Å². The summed E-state index contributed by atoms with van der Waals surface area (Å²) in [6, 6.07) is 13.3. The number of para-hydroxylation sites is 1. The number of hydrogen-bond donors (Lipinski definition) is 0. The monoisotopic (exact) mass is 350 g/mol. The second-order valence-electron chi connectivity index (χ2n) is 7.11. The number of nitrogens with zero attached hydrogens (tertiary/aromatic N) is 4. The highest BCUT2D eigenvalue weighted by molar-refractivity contribution is 5.96. The van der Waals surface area contributed by atoms with E-state index in [1.54, 1.807) is 24.5 Å². The van der Waals surface area contributed by atoms with Crippen LogP contribution in [0.15, 0.2) is 54.9 Å². The molecule has 3 heterocycles. The summed E-state index contributed by atoms with van der Waals surface area (Å²) in [4.78, 5) is 35.3. The van der Waals surface area contributed by atoms with E-state index in [4.69, 9.17) is 0 Å². The van der Waals surface area contributed by atoms with Gasteiger partial charge in [0.1, 0.15) is 0 Å². The lowest BCUT2D eigenvalue weighted by atomic mass is 9.92. The minimum Gasteiger partial charge on any atom is -0.337 e. The molecule has 2 aromatic rings. The van der Waals surface area contributed by atoms with Crippen LogP contribution in [0.2, 0.25) is 0 Å². The smallest absolute Gasteiger partial charge is 0.255 e. The van der Waals surface area contributed by atoms with Crippen LogP contribution in [-0.4, -0.2) is 65.4 Å². The van der Waals surface area contributed by atoms with Crippen molar-refractivity contribution in [3.8, 4) is 0 Å². The van der Waals surface area contributed by atoms with Crippen LogP contribution < -0.4 is 4.90 Å². The summed E-state index contributed by atoms with van der Waals surface area (Å²) < 4.78 is 0. The van der Waals surface area contributed by atoms with Crippen molar-refractivity contribution in [1.82, 2.24) is 14.8 Å². The molecule has 6 nitrogen and oxygen atoms in total. The summed E-state index contributed by atoms with van der Waals surface area (Å²) in [5, 5.41) is 0. The van der Waals surface area contributed by atoms with Crippen LogP contribution in [0.25, 0.3) is 0 Å². The largest absolute Gasteiger partial charge is 0.337 e. The zero-order valence-corrected chi connectivity index (χ0v) is 14.8. The zero-order chi connectivity index (χ0) is 18.1. The van der Waals surface area contributed by atoms with Crippen LogP contribution in [0.3, 0.4) is 0 Å². The molecule has 0 aliphatic carbocycles. The first-order chi connectivity index (χ1) is 12.6. The van der Waals surface area contributed by atoms with E-state index >= 15 is 0 Å². The van der Waals surface area contributed by atoms with Crippen molar-refractivity contribution in [2.45, 2.75) is 12.0 Å². The lowest BCUT2D eigenvalue weighted by Gasteiger charge is -2.46. The van der Waals surface area contributed by atoms with Gasteiger partial charge in [0.2, 0.25) is 5.91 Å². The lowest BCUT2D eigenvalue weighted by Crippen LogP contribution is -2.64. The maximum Gasteiger partial charge on any atom is 0.255 e. The Morgan fingerprint density at radius 2 is 1.92 bits per heavy atom. The predicted molar refractivity (Wildman–Crippen MR) is 98.9 cm³/mol. The van der Waals surface area contributed by atoms with E-state index in [9.17, 15) is 9.59 Å². The molecule has 2 aliphatic rings. The van der Waals surface area contributed by atoms with Crippen LogP contribution in [0.4, 0.5) is 5.69 Å². The van der Waals surface area contributed by atoms with E-state index < -0.39 is 0 Å². The second-order valence-corrected chi connectivity index (χ2v) is 7.11. The minimum absolute atomic E-state index is 0.00605. The van der Waals surface area contributed by atoms with Gasteiger partial charge in [-0.2, -0.15) is 0 Å². The third kappa shape index (κ3) is 2.86. The summed E-state index contributed by atoms with van der Waals surface area (Å²) >= 11 is 0. The molecule has 2 saturated heterocycles. The Morgan fingerprint density at radius 1 is 1.12 bits per heavy atom. The number of hydrogen-bond acceptors (Lipinski definition) is 4. The van der Waals surface area contributed by atoms with E-state index in [0.717, 1.165) is 12.1 Å². The summed E-state index contributed by atoms with van der Waals surface area (Å²) in [6.45, 7) is 2.27. The third-order valence-electron chi connectivity index (χ3n) is 5.53. The van der Waals surface area contributed by atoms with E-state index in [1.165, 1.54) is 0 Å². The van der Waals surface area contributed by atoms with Gasteiger partial charge in [0.15, 0.2) is 0 Å². The van der Waals surface area contributed by atoms with Crippen LogP contribution in [-0.2, 0) is 4.79 Å². The van der Waals surface area contributed by atoms with Gasteiger partial charge in [-0.3, -0.25) is 19.5 Å². The maximum atomic E-state index is 12.8. The minimum atomic E-state index is -0.207. The van der Waals surface area contributed by atoms with Crippen LogP contribution in [0.1, 0.15) is 16.8 Å². The molecule has 26 heavy (non-hydrogen) atoms. The number of benzene rings is 1. The van der Waals surface area contributed by atoms with Gasteiger partial charge < -0.3 is 9.80 Å². The van der Waals surface area contributed by atoms with Gasteiger partial charge >= 0.3 is 0 Å². The summed E-state index contributed by atoms with van der Waals surface area (Å²) in [5.41, 5.74) is 1.32. The highest BCUT2D eigenvalue weighted by atomic mass is 16.2. The number of rotatable bonds is 2. The quantitative estimate of drug-likeness (QED) is 0.826. The van der Waals surface area contributed by atoms with Crippen molar-refractivity contribution in [3.05, 3.63) is 60.4 Å². The van der Waals surface area contributed by atoms with Crippen molar-refractivity contribution in [3.63, 3.8) is 0 Å². The van der Waals surface area contributed by atoms with Gasteiger partial charge in [0, 0.05) is 37.7 Å². The Morgan fingerprint density at radius 3 is 2.65 bits per heavy atom. The molecule has 0 N–H and O–H groups in total. The van der Waals surface area contributed by atoms with Gasteiger partial charge in [-0.25, -0.2) is 0 Å². The van der Waals surface area contributed by atoms with Gasteiger partial charge in [0.25, 0.3) is 5.91 Å². The standard InChI is InChI=1S/C20H22N4O2/c1-22-13-18(25)24(17-7-3-2-4-8-17)15-20(22)9-11-23(14-20)19(26)16-6-5-10-21-12-16/h2-8,10,12H,9,11,13-15H2,1H3/t20-/m1/s1. The van der Waals surface area contributed by atoms with Crippen molar-refractivity contribution >= 4 is 17.5 Å². The molecule has 1 spiro atoms. The van der Waals surface area contributed by atoms with E-state index in [0.29, 0.717) is 31.7 Å². The zero-order valence-electron chi connectivity index (χ0n) is 14.8. The molecule has 0 radical (unpaired) electrons.